The van der Waals surface area contributed by atoms with E-state index in [0.29, 0.717) is 12.8 Å². The predicted octanol–water partition coefficient (Wildman–Crippen LogP) is 5.62. The van der Waals surface area contributed by atoms with E-state index in [9.17, 15) is 10.2 Å². The summed E-state index contributed by atoms with van der Waals surface area (Å²) >= 11 is 0. The van der Waals surface area contributed by atoms with Gasteiger partial charge in [-0.25, -0.2) is 0 Å². The van der Waals surface area contributed by atoms with Crippen LogP contribution in [0.1, 0.15) is 56.9 Å². The van der Waals surface area contributed by atoms with Gasteiger partial charge in [-0.2, -0.15) is 0 Å². The Hall–Kier alpha value is -1.46. The Kier molecular flexibility index (Phi) is 7.40. The van der Waals surface area contributed by atoms with E-state index in [1.165, 1.54) is 0 Å². The molecule has 0 bridgehead atoms. The summed E-state index contributed by atoms with van der Waals surface area (Å²) in [6.45, 7) is 11.1. The van der Waals surface area contributed by atoms with Crippen LogP contribution in [0.25, 0.3) is 0 Å². The highest BCUT2D eigenvalue weighted by atomic mass is 28.4. The molecule has 0 heterocycles. The van der Waals surface area contributed by atoms with Gasteiger partial charge in [-0.3, -0.25) is 0 Å². The van der Waals surface area contributed by atoms with Crippen molar-refractivity contribution in [2.75, 3.05) is 0 Å². The van der Waals surface area contributed by atoms with Gasteiger partial charge in [0.2, 0.25) is 0 Å². The number of aliphatic hydroxyl groups is 2. The van der Waals surface area contributed by atoms with Gasteiger partial charge in [-0.15, -0.1) is 0 Å². The Labute approximate surface area is 165 Å². The zero-order valence-electron chi connectivity index (χ0n) is 17.2. The molecule has 0 aliphatic heterocycles. The summed E-state index contributed by atoms with van der Waals surface area (Å²) in [6, 6.07) is 19.6. The van der Waals surface area contributed by atoms with E-state index in [1.54, 1.807) is 0 Å². The minimum absolute atomic E-state index is 0.0918. The van der Waals surface area contributed by atoms with Crippen LogP contribution < -0.4 is 0 Å². The van der Waals surface area contributed by atoms with Crippen molar-refractivity contribution in [3.63, 3.8) is 0 Å². The van der Waals surface area contributed by atoms with Gasteiger partial charge in [0.25, 0.3) is 0 Å². The first kappa shape index (κ1) is 21.8. The number of aliphatic hydroxyl groups excluding tert-OH is 2. The fourth-order valence-electron chi connectivity index (χ4n) is 2.86. The molecule has 148 valence electrons. The molecule has 3 atom stereocenters. The molecular formula is C23H34O3Si. The minimum Gasteiger partial charge on any atom is -0.410 e. The van der Waals surface area contributed by atoms with Crippen molar-refractivity contribution in [1.29, 1.82) is 0 Å². The zero-order valence-corrected chi connectivity index (χ0v) is 18.2. The monoisotopic (exact) mass is 386 g/mol. The largest absolute Gasteiger partial charge is 0.410 e. The molecule has 0 aromatic heterocycles. The van der Waals surface area contributed by atoms with Gasteiger partial charge < -0.3 is 14.6 Å². The summed E-state index contributed by atoms with van der Waals surface area (Å²) in [7, 11) is -2.00. The first-order valence-corrected chi connectivity index (χ1v) is 12.6. The lowest BCUT2D eigenvalue weighted by atomic mass is 9.97. The van der Waals surface area contributed by atoms with Gasteiger partial charge in [0.1, 0.15) is 0 Å². The molecule has 0 spiro atoms. The molecule has 0 aliphatic rings. The Bertz CT molecular complexity index is 680. The lowest BCUT2D eigenvalue weighted by molar-refractivity contribution is 0.0422. The summed E-state index contributed by atoms with van der Waals surface area (Å²) in [4.78, 5) is 0. The van der Waals surface area contributed by atoms with Crippen molar-refractivity contribution in [1.82, 2.24) is 0 Å². The van der Waals surface area contributed by atoms with E-state index in [2.05, 4.69) is 46.0 Å². The van der Waals surface area contributed by atoms with Gasteiger partial charge in [0, 0.05) is 12.8 Å². The van der Waals surface area contributed by atoms with Crippen molar-refractivity contribution in [2.24, 2.45) is 0 Å². The Morgan fingerprint density at radius 1 is 0.815 bits per heavy atom. The van der Waals surface area contributed by atoms with Crippen molar-refractivity contribution in [2.45, 2.75) is 70.1 Å². The summed E-state index contributed by atoms with van der Waals surface area (Å²) in [5.41, 5.74) is 1.91. The standard InChI is InChI=1S/C23H34O3Si/c1-23(2,3)27(4,5)26-22(19-14-10-7-11-15-19)17-20(24)16-21(25)18-12-8-6-9-13-18/h6-15,20-22,24-25H,16-17H2,1-5H3/t20-,21+,22+/m1/s1. The highest BCUT2D eigenvalue weighted by Crippen LogP contribution is 2.41. The van der Waals surface area contributed by atoms with Crippen LogP contribution >= 0.6 is 0 Å². The molecule has 0 amide bonds. The van der Waals surface area contributed by atoms with Crippen LogP contribution in [0.4, 0.5) is 0 Å². The third-order valence-electron chi connectivity index (χ3n) is 5.58. The van der Waals surface area contributed by atoms with Crippen LogP contribution in [0, 0.1) is 0 Å². The smallest absolute Gasteiger partial charge is 0.192 e. The third kappa shape index (κ3) is 6.28. The van der Waals surface area contributed by atoms with Crippen molar-refractivity contribution >= 4 is 8.32 Å². The zero-order chi connectivity index (χ0) is 20.1. The molecule has 4 heteroatoms. The summed E-state index contributed by atoms with van der Waals surface area (Å²) in [6.07, 6.45) is -0.722. The fourth-order valence-corrected chi connectivity index (χ4v) is 4.16. The van der Waals surface area contributed by atoms with Crippen LogP contribution in [-0.4, -0.2) is 24.6 Å². The highest BCUT2D eigenvalue weighted by Gasteiger charge is 2.39. The third-order valence-corrected chi connectivity index (χ3v) is 10.1. The average Bonchev–Trinajstić information content (AvgIpc) is 2.61. The Morgan fingerprint density at radius 3 is 1.78 bits per heavy atom. The molecule has 0 unspecified atom stereocenters. The Morgan fingerprint density at radius 2 is 1.30 bits per heavy atom. The van der Waals surface area contributed by atoms with Crippen molar-refractivity contribution in [3.8, 4) is 0 Å². The molecule has 27 heavy (non-hydrogen) atoms. The number of benzene rings is 2. The maximum Gasteiger partial charge on any atom is 0.192 e. The second-order valence-electron chi connectivity index (χ2n) is 8.83. The molecule has 2 aromatic carbocycles. The maximum absolute atomic E-state index is 10.7. The van der Waals surface area contributed by atoms with E-state index >= 15 is 0 Å². The van der Waals surface area contributed by atoms with Gasteiger partial charge >= 0.3 is 0 Å². The molecule has 2 N–H and O–H groups in total. The summed E-state index contributed by atoms with van der Waals surface area (Å²) in [5.74, 6) is 0. The summed E-state index contributed by atoms with van der Waals surface area (Å²) < 4.78 is 6.64. The second-order valence-corrected chi connectivity index (χ2v) is 13.6. The van der Waals surface area contributed by atoms with E-state index in [4.69, 9.17) is 4.43 Å². The van der Waals surface area contributed by atoms with E-state index in [1.807, 2.05) is 48.5 Å². The molecule has 2 rings (SSSR count). The minimum atomic E-state index is -2.00. The first-order valence-electron chi connectivity index (χ1n) is 9.74. The molecule has 0 aliphatic carbocycles. The van der Waals surface area contributed by atoms with Crippen LogP contribution in [0.15, 0.2) is 60.7 Å². The lowest BCUT2D eigenvalue weighted by Gasteiger charge is -2.40. The molecule has 3 nitrogen and oxygen atoms in total. The van der Waals surface area contributed by atoms with Gasteiger partial charge in [-0.05, 0) is 29.3 Å². The van der Waals surface area contributed by atoms with E-state index in [-0.39, 0.29) is 11.1 Å². The maximum atomic E-state index is 10.7. The van der Waals surface area contributed by atoms with E-state index < -0.39 is 20.5 Å². The highest BCUT2D eigenvalue weighted by molar-refractivity contribution is 6.74. The van der Waals surface area contributed by atoms with Crippen molar-refractivity contribution in [3.05, 3.63) is 71.8 Å². The molecule has 0 saturated heterocycles. The second kappa shape index (κ2) is 9.15. The number of hydrogen-bond acceptors (Lipinski definition) is 3. The van der Waals surface area contributed by atoms with Crippen LogP contribution in [0.3, 0.4) is 0 Å². The van der Waals surface area contributed by atoms with Crippen LogP contribution in [-0.2, 0) is 4.43 Å². The van der Waals surface area contributed by atoms with Crippen molar-refractivity contribution < 1.29 is 14.6 Å². The molecule has 2 aromatic rings. The van der Waals surface area contributed by atoms with Crippen LogP contribution in [0.5, 0.6) is 0 Å². The topological polar surface area (TPSA) is 49.7 Å². The molecular weight excluding hydrogens is 352 g/mol. The first-order chi connectivity index (χ1) is 12.6. The number of rotatable bonds is 8. The van der Waals surface area contributed by atoms with Gasteiger partial charge in [0.05, 0.1) is 18.3 Å². The van der Waals surface area contributed by atoms with E-state index in [0.717, 1.165) is 11.1 Å². The molecule has 0 radical (unpaired) electrons. The SMILES string of the molecule is CC(C)(C)[Si](C)(C)O[C@@H](C[C@H](O)C[C@H](O)c1ccccc1)c1ccccc1. The summed E-state index contributed by atoms with van der Waals surface area (Å²) in [5, 5.41) is 21.2. The molecule has 0 fully saturated rings. The number of hydrogen-bond donors (Lipinski definition) is 2. The van der Waals surface area contributed by atoms with Crippen LogP contribution in [0.2, 0.25) is 18.1 Å². The lowest BCUT2D eigenvalue weighted by Crippen LogP contribution is -2.42. The Balaban J connectivity index is 2.12. The van der Waals surface area contributed by atoms with Gasteiger partial charge in [0.15, 0.2) is 8.32 Å². The average molecular weight is 387 g/mol. The molecule has 0 saturated carbocycles. The predicted molar refractivity (Wildman–Crippen MR) is 114 cm³/mol. The van der Waals surface area contributed by atoms with Gasteiger partial charge in [-0.1, -0.05) is 81.4 Å². The fraction of sp³-hybridized carbons (Fsp3) is 0.478. The normalized spacial score (nSPS) is 16.0. The quantitative estimate of drug-likeness (QED) is 0.579.